The van der Waals surface area contributed by atoms with Gasteiger partial charge >= 0.3 is 11.8 Å². The fourth-order valence-corrected chi connectivity index (χ4v) is 9.61. The first-order valence-corrected chi connectivity index (χ1v) is 24.0. The number of sulfone groups is 1. The number of hydrogen-bond donors (Lipinski definition) is 3. The van der Waals surface area contributed by atoms with Crippen LogP contribution in [0.25, 0.3) is 33.0 Å². The van der Waals surface area contributed by atoms with E-state index in [0.717, 1.165) is 6.26 Å². The zero-order valence-corrected chi connectivity index (χ0v) is 41.0. The average Bonchev–Trinajstić information content (AvgIpc) is 3.53. The first-order chi connectivity index (χ1) is 31.3. The molecule has 67 heavy (non-hydrogen) atoms. The Morgan fingerprint density at radius 3 is 2.30 bits per heavy atom. The number of amides is 1. The van der Waals surface area contributed by atoms with Crippen molar-refractivity contribution >= 4 is 66.2 Å². The molecule has 6 rings (SSSR count). The summed E-state index contributed by atoms with van der Waals surface area (Å²) in [4.78, 5) is 62.2. The minimum atomic E-state index is -4.06. The van der Waals surface area contributed by atoms with Crippen LogP contribution in [-0.2, 0) is 33.6 Å². The first-order valence-electron chi connectivity index (χ1n) is 22.1. The number of benzene rings is 3. The lowest BCUT2D eigenvalue weighted by atomic mass is 9.73. The number of rotatable bonds is 7. The summed E-state index contributed by atoms with van der Waals surface area (Å²) in [5.74, 6) is -6.60. The number of esters is 1. The molecule has 4 bridgehead atoms. The molecule has 0 saturated heterocycles. The maximum atomic E-state index is 14.8. The maximum Gasteiger partial charge on any atom is 0.312 e. The number of anilines is 1. The Kier molecular flexibility index (Phi) is 14.7. The van der Waals surface area contributed by atoms with Crippen molar-refractivity contribution in [1.29, 1.82) is 0 Å². The number of likely N-dealkylation sites (N-methyl/N-ethyl adjacent to an activating group) is 1. The van der Waals surface area contributed by atoms with Crippen LogP contribution in [0.3, 0.4) is 0 Å². The predicted molar refractivity (Wildman–Crippen MR) is 252 cm³/mol. The fraction of sp³-hybridized carbons (Fsp3) is 0.490. The summed E-state index contributed by atoms with van der Waals surface area (Å²) in [6.07, 6.45) is 6.33. The van der Waals surface area contributed by atoms with E-state index >= 15 is 0 Å². The molecular formula is C49H61N3O14S. The number of phenolic OH excluding ortho intramolecular Hbond substituents is 1. The van der Waals surface area contributed by atoms with Gasteiger partial charge in [-0.05, 0) is 51.8 Å². The Hall–Kier alpha value is -5.82. The fourth-order valence-electron chi connectivity index (χ4n) is 8.78. The normalized spacial score (nSPS) is 28.3. The molecule has 0 aliphatic carbocycles. The number of phenols is 1. The van der Waals surface area contributed by atoms with Gasteiger partial charge in [-0.1, -0.05) is 52.8 Å². The monoisotopic (exact) mass is 947 g/mol. The molecule has 1 aromatic heterocycles. The molecule has 18 heteroatoms. The molecule has 0 saturated carbocycles. The Bertz CT molecular complexity index is 2900. The number of ketones is 1. The summed E-state index contributed by atoms with van der Waals surface area (Å²) in [6, 6.07) is 2.71. The van der Waals surface area contributed by atoms with Crippen molar-refractivity contribution in [1.82, 2.24) is 9.88 Å². The number of nitrogens with one attached hydrogen (secondary N) is 1. The van der Waals surface area contributed by atoms with Crippen molar-refractivity contribution < 1.29 is 61.1 Å². The molecule has 0 spiro atoms. The van der Waals surface area contributed by atoms with Gasteiger partial charge in [-0.25, -0.2) is 13.4 Å². The Morgan fingerprint density at radius 1 is 0.985 bits per heavy atom. The molecule has 362 valence electrons. The molecule has 2 aliphatic heterocycles. The summed E-state index contributed by atoms with van der Waals surface area (Å²) in [5.41, 5.74) is -2.21. The highest BCUT2D eigenvalue weighted by atomic mass is 32.2. The summed E-state index contributed by atoms with van der Waals surface area (Å²) in [7, 11) is 1.10. The van der Waals surface area contributed by atoms with Crippen LogP contribution in [0.5, 0.6) is 17.2 Å². The van der Waals surface area contributed by atoms with E-state index in [1.807, 2.05) is 53.6 Å². The van der Waals surface area contributed by atoms with E-state index in [1.165, 1.54) is 59.3 Å². The van der Waals surface area contributed by atoms with Crippen molar-refractivity contribution in [2.24, 2.45) is 29.6 Å². The second-order valence-corrected chi connectivity index (χ2v) is 20.3. The van der Waals surface area contributed by atoms with Gasteiger partial charge in [-0.2, -0.15) is 0 Å². The summed E-state index contributed by atoms with van der Waals surface area (Å²) in [6.45, 7) is 15.8. The molecule has 0 fully saturated rings. The Labute approximate surface area is 389 Å². The number of carbonyl (C=O) groups is 3. The van der Waals surface area contributed by atoms with Crippen molar-refractivity contribution in [2.45, 2.75) is 91.3 Å². The van der Waals surface area contributed by atoms with E-state index in [2.05, 4.69) is 5.32 Å². The third-order valence-corrected chi connectivity index (χ3v) is 14.3. The van der Waals surface area contributed by atoms with Gasteiger partial charge in [0.2, 0.25) is 0 Å². The lowest BCUT2D eigenvalue weighted by Gasteiger charge is -2.39. The lowest BCUT2D eigenvalue weighted by molar-refractivity contribution is -0.157. The molecule has 17 nitrogen and oxygen atoms in total. The molecule has 0 unspecified atom stereocenters. The number of nitrogens with zero attached hydrogens (tertiary/aromatic N) is 2. The van der Waals surface area contributed by atoms with Crippen LogP contribution in [0.1, 0.15) is 71.3 Å². The van der Waals surface area contributed by atoms with E-state index < -0.39 is 80.0 Å². The summed E-state index contributed by atoms with van der Waals surface area (Å²) >= 11 is 0. The Morgan fingerprint density at radius 2 is 1.67 bits per heavy atom. The third-order valence-electron chi connectivity index (χ3n) is 13.2. The van der Waals surface area contributed by atoms with Gasteiger partial charge in [0.25, 0.3) is 11.7 Å². The Balaban J connectivity index is 1.65. The van der Waals surface area contributed by atoms with E-state index in [0.29, 0.717) is 6.54 Å². The van der Waals surface area contributed by atoms with Crippen LogP contribution in [0, 0.1) is 36.5 Å². The molecule has 9 atom stereocenters. The number of methoxy groups -OCH3 is 1. The SMILES string of the molecule is CO[C@H]1/C=C/O[C@@]2(C)Oc3c(C)c(=O)c4c(O)c(c5oc6cc(OCCN(C)C)cc(S(C)(=O)=O)c6nc5c4c3C2=O)NC(=O)/C(C)=C\C=C\[C@H](C)[C@H](O)[C@@H](C)[C@@H](C)[C@@H](C)[C@H](OC(C)=O)[C@@H]1C. The van der Waals surface area contributed by atoms with E-state index in [4.69, 9.17) is 33.1 Å². The number of ether oxygens (including phenoxy) is 5. The number of fused-ring (bicyclic) bond motifs is 2. The van der Waals surface area contributed by atoms with Crippen LogP contribution in [0.4, 0.5) is 5.69 Å². The predicted octanol–water partition coefficient (Wildman–Crippen LogP) is 6.62. The van der Waals surface area contributed by atoms with Gasteiger partial charge in [-0.3, -0.25) is 19.2 Å². The minimum absolute atomic E-state index is 0.0823. The van der Waals surface area contributed by atoms with Gasteiger partial charge in [0.15, 0.2) is 32.2 Å². The average molecular weight is 948 g/mol. The van der Waals surface area contributed by atoms with Crippen LogP contribution < -0.4 is 20.2 Å². The van der Waals surface area contributed by atoms with Crippen LogP contribution in [-0.4, -0.2) is 111 Å². The lowest BCUT2D eigenvalue weighted by Crippen LogP contribution is -2.43. The third kappa shape index (κ3) is 9.80. The van der Waals surface area contributed by atoms with Crippen molar-refractivity contribution in [3.8, 4) is 17.2 Å². The highest BCUT2D eigenvalue weighted by Crippen LogP contribution is 2.49. The largest absolute Gasteiger partial charge is 0.505 e. The van der Waals surface area contributed by atoms with Gasteiger partial charge in [0.05, 0.1) is 34.3 Å². The number of aliphatic hydroxyl groups excluding tert-OH is 1. The van der Waals surface area contributed by atoms with E-state index in [1.54, 1.807) is 18.2 Å². The number of allylic oxidation sites excluding steroid dienone is 2. The topological polar surface area (TPSA) is 230 Å². The minimum Gasteiger partial charge on any atom is -0.505 e. The quantitative estimate of drug-likeness (QED) is 0.0765. The first kappa shape index (κ1) is 50.6. The summed E-state index contributed by atoms with van der Waals surface area (Å²) in [5, 5.41) is 25.7. The second kappa shape index (κ2) is 19.4. The van der Waals surface area contributed by atoms with E-state index in [9.17, 15) is 37.8 Å². The summed E-state index contributed by atoms with van der Waals surface area (Å²) < 4.78 is 63.3. The molecular weight excluding hydrogens is 887 g/mol. The number of aromatic nitrogens is 1. The highest BCUT2D eigenvalue weighted by Gasteiger charge is 2.49. The van der Waals surface area contributed by atoms with E-state index in [-0.39, 0.29) is 90.7 Å². The van der Waals surface area contributed by atoms with Crippen molar-refractivity contribution in [3.63, 3.8) is 0 Å². The molecule has 3 heterocycles. The van der Waals surface area contributed by atoms with Crippen molar-refractivity contribution in [2.75, 3.05) is 45.9 Å². The highest BCUT2D eigenvalue weighted by molar-refractivity contribution is 7.91. The second-order valence-electron chi connectivity index (χ2n) is 18.3. The van der Waals surface area contributed by atoms with Crippen molar-refractivity contribution in [3.05, 3.63) is 69.6 Å². The van der Waals surface area contributed by atoms with Gasteiger partial charge in [0.1, 0.15) is 40.9 Å². The number of carbonyl (C=O) groups excluding carboxylic acids is 3. The molecule has 2 aliphatic rings. The molecule has 4 aromatic rings. The number of aliphatic hydroxyl groups is 1. The van der Waals surface area contributed by atoms with Crippen LogP contribution >= 0.6 is 0 Å². The standard InChI is InChI=1S/C49H61N3O14S/c1-23-15-14-16-24(2)48(58)51-40-43(56)36-35(39-46(40)65-33-21-31(62-20-18-52(10)11)22-34(38(33)50-39)67(13,59)60)37-45(29(7)42(36)55)66-49(9,47(37)57)63-19-17-32(61-12)28(6)44(64-30(8)53)27(5)25(3)26(4)41(23)54/h14-17,19,21-23,25-28,32,41,44,54,56H,18,20H2,1-13H3,(H,51,58)/b15-14+,19-17+,24-16-/t23-,25+,26-,27+,28+,32-,41-,44-,49-/m0/s1. The van der Waals surface area contributed by atoms with Crippen LogP contribution in [0.2, 0.25) is 0 Å². The van der Waals surface area contributed by atoms with Gasteiger partial charge in [0, 0.05) is 74.2 Å². The molecule has 1 amide bonds. The molecule has 3 aromatic carbocycles. The number of aromatic hydroxyl groups is 1. The number of Topliss-reactive ketones (excluding diaryl/α,β-unsaturated/α-hetero) is 1. The van der Waals surface area contributed by atoms with Crippen LogP contribution in [0.15, 0.2) is 62.4 Å². The smallest absolute Gasteiger partial charge is 0.312 e. The zero-order chi connectivity index (χ0) is 49.6. The zero-order valence-electron chi connectivity index (χ0n) is 40.2. The molecule has 3 N–H and O–H groups in total. The number of hydrogen-bond acceptors (Lipinski definition) is 16. The maximum absolute atomic E-state index is 14.8. The van der Waals surface area contributed by atoms with Gasteiger partial charge in [-0.15, -0.1) is 0 Å². The van der Waals surface area contributed by atoms with Gasteiger partial charge < -0.3 is 48.5 Å². The molecule has 0 radical (unpaired) electrons.